The van der Waals surface area contributed by atoms with E-state index < -0.39 is 10.0 Å². The molecule has 2 aromatic rings. The lowest BCUT2D eigenvalue weighted by molar-refractivity contribution is 0.257. The molecule has 2 aliphatic rings. The highest BCUT2D eigenvalue weighted by Crippen LogP contribution is 2.34. The number of sulfonamides is 1. The van der Waals surface area contributed by atoms with Crippen molar-refractivity contribution in [3.8, 4) is 0 Å². The Morgan fingerprint density at radius 1 is 1.10 bits per heavy atom. The number of piperidine rings is 1. The molecule has 158 valence electrons. The summed E-state index contributed by atoms with van der Waals surface area (Å²) in [7, 11) is -3.14. The van der Waals surface area contributed by atoms with Crippen molar-refractivity contribution in [1.29, 1.82) is 0 Å². The smallest absolute Gasteiger partial charge is 0.252 e. The van der Waals surface area contributed by atoms with Gasteiger partial charge in [-0.25, -0.2) is 17.7 Å². The maximum absolute atomic E-state index is 12.7. The van der Waals surface area contributed by atoms with E-state index in [-0.39, 0.29) is 17.6 Å². The Bertz CT molecular complexity index is 1040. The molecule has 1 aliphatic carbocycles. The van der Waals surface area contributed by atoms with Gasteiger partial charge >= 0.3 is 0 Å². The Labute approximate surface area is 171 Å². The van der Waals surface area contributed by atoms with Crippen LogP contribution in [-0.2, 0) is 10.0 Å². The zero-order valence-electron chi connectivity index (χ0n) is 17.0. The minimum atomic E-state index is -3.14. The van der Waals surface area contributed by atoms with Crippen molar-refractivity contribution < 1.29 is 8.42 Å². The van der Waals surface area contributed by atoms with Gasteiger partial charge in [0.15, 0.2) is 0 Å². The molecule has 1 aliphatic heterocycles. The number of hydrogen-bond donors (Lipinski definition) is 1. The number of nitrogens with zero attached hydrogens (tertiary/aromatic N) is 4. The Morgan fingerprint density at radius 3 is 2.52 bits per heavy atom. The van der Waals surface area contributed by atoms with Crippen molar-refractivity contribution in [2.24, 2.45) is 5.92 Å². The monoisotopic (exact) mass is 419 g/mol. The topological polar surface area (TPSA) is 97.2 Å². The minimum Gasteiger partial charge on any atom is -0.351 e. The van der Waals surface area contributed by atoms with Crippen LogP contribution in [0.15, 0.2) is 23.1 Å². The van der Waals surface area contributed by atoms with Crippen LogP contribution in [0.4, 0.5) is 5.95 Å². The predicted molar refractivity (Wildman–Crippen MR) is 114 cm³/mol. The number of fused-ring (bicyclic) bond motifs is 1. The summed E-state index contributed by atoms with van der Waals surface area (Å²) in [5.74, 6) is 0.942. The van der Waals surface area contributed by atoms with Crippen LogP contribution in [-0.4, -0.2) is 52.6 Å². The van der Waals surface area contributed by atoms with Crippen LogP contribution in [0.5, 0.6) is 0 Å². The first-order chi connectivity index (χ1) is 13.8. The Hall–Kier alpha value is -2.00. The van der Waals surface area contributed by atoms with Gasteiger partial charge in [0.05, 0.1) is 6.26 Å². The van der Waals surface area contributed by atoms with E-state index >= 15 is 0 Å². The van der Waals surface area contributed by atoms with Gasteiger partial charge in [0.1, 0.15) is 5.65 Å². The van der Waals surface area contributed by atoms with Crippen molar-refractivity contribution in [3.63, 3.8) is 0 Å². The molecule has 3 heterocycles. The fourth-order valence-corrected chi connectivity index (χ4v) is 5.50. The first-order valence-corrected chi connectivity index (χ1v) is 12.3. The van der Waals surface area contributed by atoms with Gasteiger partial charge in [-0.2, -0.15) is 4.98 Å². The number of aromatic nitrogens is 3. The van der Waals surface area contributed by atoms with E-state index in [1.807, 2.05) is 4.57 Å². The molecule has 0 radical (unpaired) electrons. The second kappa shape index (κ2) is 8.02. The molecule has 1 unspecified atom stereocenters. The molecule has 8 nitrogen and oxygen atoms in total. The molecule has 4 rings (SSSR count). The van der Waals surface area contributed by atoms with Gasteiger partial charge in [0.25, 0.3) is 5.56 Å². The van der Waals surface area contributed by atoms with E-state index in [1.165, 1.54) is 17.0 Å². The zero-order valence-corrected chi connectivity index (χ0v) is 17.9. The first kappa shape index (κ1) is 20.3. The fraction of sp³-hybridized carbons (Fsp3) is 0.650. The number of rotatable bonds is 4. The van der Waals surface area contributed by atoms with E-state index in [9.17, 15) is 13.2 Å². The van der Waals surface area contributed by atoms with Crippen LogP contribution < -0.4 is 10.9 Å². The molecule has 9 heteroatoms. The van der Waals surface area contributed by atoms with Gasteiger partial charge in [-0.15, -0.1) is 0 Å². The predicted octanol–water partition coefficient (Wildman–Crippen LogP) is 2.38. The van der Waals surface area contributed by atoms with Gasteiger partial charge in [-0.05, 0) is 37.7 Å². The van der Waals surface area contributed by atoms with Crippen molar-refractivity contribution in [3.05, 3.63) is 28.7 Å². The number of pyridine rings is 1. The molecule has 0 amide bonds. The molecule has 2 fully saturated rings. The molecular formula is C20H29N5O3S. The highest BCUT2D eigenvalue weighted by molar-refractivity contribution is 7.88. The van der Waals surface area contributed by atoms with E-state index in [1.54, 1.807) is 18.3 Å². The van der Waals surface area contributed by atoms with Gasteiger partial charge in [-0.1, -0.05) is 19.8 Å². The highest BCUT2D eigenvalue weighted by atomic mass is 32.2. The van der Waals surface area contributed by atoms with Crippen molar-refractivity contribution in [2.75, 3.05) is 24.7 Å². The average molecular weight is 420 g/mol. The van der Waals surface area contributed by atoms with Crippen LogP contribution in [0.2, 0.25) is 0 Å². The average Bonchev–Trinajstić information content (AvgIpc) is 2.68. The number of hydrogen-bond acceptors (Lipinski definition) is 6. The van der Waals surface area contributed by atoms with Crippen LogP contribution >= 0.6 is 0 Å². The second-order valence-corrected chi connectivity index (χ2v) is 10.4. The number of nitrogens with one attached hydrogen (secondary N) is 1. The largest absolute Gasteiger partial charge is 0.351 e. The lowest BCUT2D eigenvalue weighted by Gasteiger charge is -2.31. The van der Waals surface area contributed by atoms with Crippen molar-refractivity contribution >= 4 is 27.0 Å². The molecule has 0 spiro atoms. The third-order valence-electron chi connectivity index (χ3n) is 6.32. The van der Waals surface area contributed by atoms with Crippen LogP contribution in [0.25, 0.3) is 11.0 Å². The number of anilines is 1. The summed E-state index contributed by atoms with van der Waals surface area (Å²) in [6.07, 6.45) is 8.89. The summed E-state index contributed by atoms with van der Waals surface area (Å²) < 4.78 is 26.8. The van der Waals surface area contributed by atoms with Gasteiger partial charge < -0.3 is 5.32 Å². The first-order valence-electron chi connectivity index (χ1n) is 10.4. The van der Waals surface area contributed by atoms with Crippen molar-refractivity contribution in [1.82, 2.24) is 18.8 Å². The lowest BCUT2D eigenvalue weighted by atomic mass is 9.85. The standard InChI is InChI=1S/C20H29N5O3S/c1-14-5-3-4-6-17(14)25-18(26)8-7-15-13-21-20(23-19(15)25)22-16-9-11-24(12-10-16)29(2,27)28/h7-8,13-14,16-17H,3-6,9-12H2,1-2H3,(H,21,22,23)/t14-,17?/m0/s1. The quantitative estimate of drug-likeness (QED) is 0.817. The molecule has 1 saturated carbocycles. The normalized spacial score (nSPS) is 24.6. The molecule has 1 N–H and O–H groups in total. The molecular weight excluding hydrogens is 390 g/mol. The third kappa shape index (κ3) is 4.30. The summed E-state index contributed by atoms with van der Waals surface area (Å²) in [5.41, 5.74) is 0.671. The van der Waals surface area contributed by atoms with Crippen LogP contribution in [0, 0.1) is 5.92 Å². The maximum Gasteiger partial charge on any atom is 0.252 e. The van der Waals surface area contributed by atoms with E-state index in [4.69, 9.17) is 4.98 Å². The second-order valence-electron chi connectivity index (χ2n) is 8.42. The van der Waals surface area contributed by atoms with E-state index in [0.717, 1.165) is 24.6 Å². The molecule has 1 saturated heterocycles. The lowest BCUT2D eigenvalue weighted by Crippen LogP contribution is -2.42. The summed E-state index contributed by atoms with van der Waals surface area (Å²) in [6, 6.07) is 3.68. The van der Waals surface area contributed by atoms with Gasteiger partial charge in [0.2, 0.25) is 16.0 Å². The summed E-state index contributed by atoms with van der Waals surface area (Å²) in [6.45, 7) is 3.20. The highest BCUT2D eigenvalue weighted by Gasteiger charge is 2.27. The summed E-state index contributed by atoms with van der Waals surface area (Å²) in [5, 5.41) is 4.21. The van der Waals surface area contributed by atoms with E-state index in [0.29, 0.717) is 43.4 Å². The van der Waals surface area contributed by atoms with E-state index in [2.05, 4.69) is 17.2 Å². The van der Waals surface area contributed by atoms with Gasteiger partial charge in [-0.3, -0.25) is 9.36 Å². The molecule has 29 heavy (non-hydrogen) atoms. The molecule has 0 aromatic carbocycles. The molecule has 0 bridgehead atoms. The summed E-state index contributed by atoms with van der Waals surface area (Å²) >= 11 is 0. The van der Waals surface area contributed by atoms with Crippen LogP contribution in [0.1, 0.15) is 51.5 Å². The molecule has 2 aromatic heterocycles. The third-order valence-corrected chi connectivity index (χ3v) is 7.62. The van der Waals surface area contributed by atoms with Crippen LogP contribution in [0.3, 0.4) is 0 Å². The Morgan fingerprint density at radius 2 is 1.83 bits per heavy atom. The van der Waals surface area contributed by atoms with Crippen molar-refractivity contribution in [2.45, 2.75) is 57.5 Å². The SMILES string of the molecule is C[C@H]1CCCCC1n1c(=O)ccc2cnc(NC3CCN(S(C)(=O)=O)CC3)nc21. The summed E-state index contributed by atoms with van der Waals surface area (Å²) in [4.78, 5) is 21.9. The Kier molecular flexibility index (Phi) is 5.61. The minimum absolute atomic E-state index is 0.0117. The molecule has 2 atom stereocenters. The fourth-order valence-electron chi connectivity index (χ4n) is 4.62. The Balaban J connectivity index is 1.59. The van der Waals surface area contributed by atoms with Gasteiger partial charge in [0, 0.05) is 42.8 Å². The maximum atomic E-state index is 12.7. The zero-order chi connectivity index (χ0) is 20.6.